The van der Waals surface area contributed by atoms with E-state index < -0.39 is 11.9 Å². The molecule has 4 rings (SSSR count). The first-order valence-corrected chi connectivity index (χ1v) is 10.7. The lowest BCUT2D eigenvalue weighted by Gasteiger charge is -2.16. The largest absolute Gasteiger partial charge is 0.481 e. The number of nitrogens with zero attached hydrogens (tertiary/aromatic N) is 1. The standard InChI is InChI=1S/C24H19ClFNO2S/c1-15(24(28)29)22-23(30-19-5-3-2-4-6-19)20-13-18(26)11-12-21(20)27(22)14-16-7-9-17(25)10-8-16/h2-13,15H,14H2,1H3,(H,28,29). The SMILES string of the molecule is CC(C(=O)O)c1c(Sc2ccccc2)c2cc(F)ccc2n1Cc1ccc(Cl)cc1. The van der Waals surface area contributed by atoms with Crippen molar-refractivity contribution in [1.29, 1.82) is 0 Å². The quantitative estimate of drug-likeness (QED) is 0.358. The van der Waals surface area contributed by atoms with Gasteiger partial charge < -0.3 is 9.67 Å². The molecule has 4 aromatic rings. The summed E-state index contributed by atoms with van der Waals surface area (Å²) in [6.07, 6.45) is 0. The second kappa shape index (κ2) is 8.54. The highest BCUT2D eigenvalue weighted by molar-refractivity contribution is 7.99. The molecule has 1 aromatic heterocycles. The fourth-order valence-electron chi connectivity index (χ4n) is 3.52. The summed E-state index contributed by atoms with van der Waals surface area (Å²) >= 11 is 7.48. The molecule has 0 saturated carbocycles. The third-order valence-electron chi connectivity index (χ3n) is 5.02. The molecule has 0 spiro atoms. The highest BCUT2D eigenvalue weighted by atomic mass is 35.5. The Bertz CT molecular complexity index is 1210. The van der Waals surface area contributed by atoms with E-state index in [1.165, 1.54) is 23.9 Å². The number of benzene rings is 3. The van der Waals surface area contributed by atoms with Crippen LogP contribution in [-0.2, 0) is 11.3 Å². The Morgan fingerprint density at radius 3 is 2.47 bits per heavy atom. The molecule has 0 aliphatic carbocycles. The summed E-state index contributed by atoms with van der Waals surface area (Å²) in [5.41, 5.74) is 2.44. The van der Waals surface area contributed by atoms with Crippen LogP contribution < -0.4 is 0 Å². The highest BCUT2D eigenvalue weighted by Crippen LogP contribution is 2.42. The van der Waals surface area contributed by atoms with E-state index in [-0.39, 0.29) is 5.82 Å². The van der Waals surface area contributed by atoms with E-state index >= 15 is 0 Å². The van der Waals surface area contributed by atoms with Crippen LogP contribution in [0.3, 0.4) is 0 Å². The van der Waals surface area contributed by atoms with E-state index in [4.69, 9.17) is 11.6 Å². The van der Waals surface area contributed by atoms with Gasteiger partial charge in [0, 0.05) is 38.0 Å². The Labute approximate surface area is 183 Å². The Hall–Kier alpha value is -2.76. The van der Waals surface area contributed by atoms with Gasteiger partial charge >= 0.3 is 5.97 Å². The number of carboxylic acid groups (broad SMARTS) is 1. The average molecular weight is 440 g/mol. The molecular weight excluding hydrogens is 421 g/mol. The summed E-state index contributed by atoms with van der Waals surface area (Å²) in [4.78, 5) is 13.7. The maximum atomic E-state index is 14.2. The number of aromatic nitrogens is 1. The van der Waals surface area contributed by atoms with E-state index in [2.05, 4.69) is 0 Å². The lowest BCUT2D eigenvalue weighted by molar-refractivity contribution is -0.138. The van der Waals surface area contributed by atoms with Crippen LogP contribution in [0.2, 0.25) is 5.02 Å². The van der Waals surface area contributed by atoms with Crippen molar-refractivity contribution in [2.45, 2.75) is 29.2 Å². The van der Waals surface area contributed by atoms with Gasteiger partial charge in [-0.2, -0.15) is 0 Å². The number of fused-ring (bicyclic) bond motifs is 1. The third-order valence-corrected chi connectivity index (χ3v) is 6.41. The van der Waals surface area contributed by atoms with E-state index in [1.54, 1.807) is 13.0 Å². The molecule has 152 valence electrons. The lowest BCUT2D eigenvalue weighted by Crippen LogP contribution is -2.14. The van der Waals surface area contributed by atoms with Crippen LogP contribution >= 0.6 is 23.4 Å². The smallest absolute Gasteiger partial charge is 0.312 e. The minimum Gasteiger partial charge on any atom is -0.481 e. The van der Waals surface area contributed by atoms with Crippen molar-refractivity contribution in [2.75, 3.05) is 0 Å². The second-order valence-corrected chi connectivity index (χ2v) is 8.58. The maximum absolute atomic E-state index is 14.2. The highest BCUT2D eigenvalue weighted by Gasteiger charge is 2.27. The van der Waals surface area contributed by atoms with Crippen molar-refractivity contribution in [1.82, 2.24) is 4.57 Å². The van der Waals surface area contributed by atoms with Gasteiger partial charge in [0.2, 0.25) is 0 Å². The van der Waals surface area contributed by atoms with Gasteiger partial charge in [0.15, 0.2) is 0 Å². The van der Waals surface area contributed by atoms with Gasteiger partial charge in [0.05, 0.1) is 5.92 Å². The zero-order chi connectivity index (χ0) is 21.3. The van der Waals surface area contributed by atoms with E-state index in [9.17, 15) is 14.3 Å². The van der Waals surface area contributed by atoms with Gasteiger partial charge in [0.25, 0.3) is 0 Å². The van der Waals surface area contributed by atoms with Crippen LogP contribution in [0, 0.1) is 5.82 Å². The zero-order valence-corrected chi connectivity index (χ0v) is 17.8. The Kier molecular flexibility index (Phi) is 5.84. The first-order chi connectivity index (χ1) is 14.4. The lowest BCUT2D eigenvalue weighted by atomic mass is 10.1. The molecule has 3 aromatic carbocycles. The van der Waals surface area contributed by atoms with E-state index in [0.29, 0.717) is 22.6 Å². The maximum Gasteiger partial charge on any atom is 0.312 e. The van der Waals surface area contributed by atoms with Gasteiger partial charge in [-0.1, -0.05) is 53.7 Å². The molecule has 0 aliphatic rings. The summed E-state index contributed by atoms with van der Waals surface area (Å²) in [5, 5.41) is 11.2. The molecule has 0 aliphatic heterocycles. The van der Waals surface area contributed by atoms with Crippen molar-refractivity contribution < 1.29 is 14.3 Å². The van der Waals surface area contributed by atoms with Crippen LogP contribution in [-0.4, -0.2) is 15.6 Å². The van der Waals surface area contributed by atoms with E-state index in [0.717, 1.165) is 20.9 Å². The number of hydrogen-bond acceptors (Lipinski definition) is 2. The Morgan fingerprint density at radius 2 is 1.80 bits per heavy atom. The number of carboxylic acids is 1. The number of hydrogen-bond donors (Lipinski definition) is 1. The number of carbonyl (C=O) groups is 1. The van der Waals surface area contributed by atoms with Crippen LogP contribution in [0.5, 0.6) is 0 Å². The molecule has 0 bridgehead atoms. The molecule has 1 atom stereocenters. The summed E-state index contributed by atoms with van der Waals surface area (Å²) < 4.78 is 16.2. The van der Waals surface area contributed by atoms with Crippen LogP contribution in [0.15, 0.2) is 82.6 Å². The van der Waals surface area contributed by atoms with Crippen molar-refractivity contribution in [3.63, 3.8) is 0 Å². The first-order valence-electron chi connectivity index (χ1n) is 9.46. The topological polar surface area (TPSA) is 42.2 Å². The van der Waals surface area contributed by atoms with Crippen molar-refractivity contribution in [3.8, 4) is 0 Å². The molecular formula is C24H19ClFNO2S. The molecule has 30 heavy (non-hydrogen) atoms. The summed E-state index contributed by atoms with van der Waals surface area (Å²) in [6.45, 7) is 2.13. The Balaban J connectivity index is 1.95. The predicted molar refractivity (Wildman–Crippen MR) is 119 cm³/mol. The second-order valence-electron chi connectivity index (χ2n) is 7.06. The van der Waals surface area contributed by atoms with Crippen molar-refractivity contribution >= 4 is 40.2 Å². The van der Waals surface area contributed by atoms with Gasteiger partial charge in [-0.3, -0.25) is 4.79 Å². The molecule has 3 nitrogen and oxygen atoms in total. The minimum absolute atomic E-state index is 0.351. The molecule has 0 saturated heterocycles. The molecule has 1 unspecified atom stereocenters. The van der Waals surface area contributed by atoms with E-state index in [1.807, 2.05) is 59.2 Å². The van der Waals surface area contributed by atoms with Gasteiger partial charge in [0.1, 0.15) is 5.82 Å². The summed E-state index contributed by atoms with van der Waals surface area (Å²) in [6, 6.07) is 21.7. The van der Waals surface area contributed by atoms with Gasteiger partial charge in [-0.15, -0.1) is 0 Å². The monoisotopic (exact) mass is 439 g/mol. The fraction of sp³-hybridized carbons (Fsp3) is 0.125. The number of aliphatic carboxylic acids is 1. The molecule has 0 fully saturated rings. The Morgan fingerprint density at radius 1 is 1.10 bits per heavy atom. The molecule has 1 heterocycles. The molecule has 6 heteroatoms. The van der Waals surface area contributed by atoms with Crippen LogP contribution in [0.1, 0.15) is 24.1 Å². The van der Waals surface area contributed by atoms with Crippen LogP contribution in [0.4, 0.5) is 4.39 Å². The normalized spacial score (nSPS) is 12.2. The number of halogens is 2. The van der Waals surface area contributed by atoms with Gasteiger partial charge in [-0.25, -0.2) is 4.39 Å². The van der Waals surface area contributed by atoms with Crippen LogP contribution in [0.25, 0.3) is 10.9 Å². The zero-order valence-electron chi connectivity index (χ0n) is 16.2. The molecule has 0 radical (unpaired) electrons. The molecule has 1 N–H and O–H groups in total. The summed E-state index contributed by atoms with van der Waals surface area (Å²) in [5.74, 6) is -2.04. The first kappa shape index (κ1) is 20.5. The summed E-state index contributed by atoms with van der Waals surface area (Å²) in [7, 11) is 0. The average Bonchev–Trinajstić information content (AvgIpc) is 3.02. The van der Waals surface area contributed by atoms with Crippen molar-refractivity contribution in [3.05, 3.63) is 94.9 Å². The minimum atomic E-state index is -0.925. The number of rotatable bonds is 6. The third kappa shape index (κ3) is 4.09. The fourth-order valence-corrected chi connectivity index (χ4v) is 4.84. The van der Waals surface area contributed by atoms with Gasteiger partial charge in [-0.05, 0) is 55.0 Å². The molecule has 0 amide bonds. The van der Waals surface area contributed by atoms with Crippen molar-refractivity contribution in [2.24, 2.45) is 0 Å². The predicted octanol–water partition coefficient (Wildman–Crippen LogP) is 6.82.